The van der Waals surface area contributed by atoms with Gasteiger partial charge in [-0.25, -0.2) is 4.79 Å². The minimum atomic E-state index is -0.407. The van der Waals surface area contributed by atoms with E-state index in [1.165, 1.54) is 63.5 Å². The van der Waals surface area contributed by atoms with Crippen LogP contribution >= 0.6 is 0 Å². The van der Waals surface area contributed by atoms with Crippen LogP contribution < -0.4 is 4.74 Å². The lowest BCUT2D eigenvalue weighted by Gasteiger charge is -2.57. The van der Waals surface area contributed by atoms with Crippen molar-refractivity contribution >= 4 is 5.97 Å². The zero-order valence-corrected chi connectivity index (χ0v) is 13.7. The third kappa shape index (κ3) is 2.77. The summed E-state index contributed by atoms with van der Waals surface area (Å²) in [5.74, 6) is 3.23. The van der Waals surface area contributed by atoms with Gasteiger partial charge in [-0.2, -0.15) is 0 Å². The highest BCUT2D eigenvalue weighted by molar-refractivity contribution is 5.81. The Morgan fingerprint density at radius 1 is 1.04 bits per heavy atom. The van der Waals surface area contributed by atoms with E-state index in [0.717, 1.165) is 23.5 Å². The van der Waals surface area contributed by atoms with E-state index in [1.54, 1.807) is 0 Å². The average molecular weight is 312 g/mol. The van der Waals surface area contributed by atoms with E-state index in [0.29, 0.717) is 5.41 Å². The lowest BCUT2D eigenvalue weighted by molar-refractivity contribution is -0.134. The first-order chi connectivity index (χ1) is 11.2. The maximum atomic E-state index is 11.0. The van der Waals surface area contributed by atoms with Crippen LogP contribution in [0.25, 0.3) is 0 Å². The summed E-state index contributed by atoms with van der Waals surface area (Å²) < 4.78 is 10.0. The Kier molecular flexibility index (Phi) is 3.67. The smallest absolute Gasteiger partial charge is 0.333 e. The van der Waals surface area contributed by atoms with Gasteiger partial charge in [0.25, 0.3) is 0 Å². The fourth-order valence-electron chi connectivity index (χ4n) is 5.59. The van der Waals surface area contributed by atoms with Gasteiger partial charge in [-0.15, -0.1) is 0 Å². The van der Waals surface area contributed by atoms with Crippen molar-refractivity contribution in [2.45, 2.75) is 43.9 Å². The third-order valence-electron chi connectivity index (χ3n) is 6.11. The zero-order chi connectivity index (χ0) is 15.9. The molecule has 4 saturated carbocycles. The van der Waals surface area contributed by atoms with Gasteiger partial charge in [-0.05, 0) is 79.4 Å². The molecule has 0 N–H and O–H groups in total. The van der Waals surface area contributed by atoms with E-state index < -0.39 is 5.97 Å². The first-order valence-electron chi connectivity index (χ1n) is 8.68. The van der Waals surface area contributed by atoms with E-state index in [-0.39, 0.29) is 0 Å². The molecule has 4 aliphatic carbocycles. The number of benzene rings is 1. The van der Waals surface area contributed by atoms with Crippen molar-refractivity contribution in [1.29, 1.82) is 0 Å². The van der Waals surface area contributed by atoms with Gasteiger partial charge in [0.15, 0.2) is 0 Å². The first-order valence-corrected chi connectivity index (χ1v) is 8.68. The van der Waals surface area contributed by atoms with Crippen LogP contribution in [-0.2, 0) is 14.9 Å². The molecule has 23 heavy (non-hydrogen) atoms. The van der Waals surface area contributed by atoms with Crippen LogP contribution in [0.15, 0.2) is 36.6 Å². The van der Waals surface area contributed by atoms with Gasteiger partial charge in [0.1, 0.15) is 5.75 Å². The van der Waals surface area contributed by atoms with E-state index in [9.17, 15) is 4.79 Å². The van der Waals surface area contributed by atoms with Crippen LogP contribution in [0.1, 0.15) is 44.1 Å². The summed E-state index contributed by atoms with van der Waals surface area (Å²) in [7, 11) is 1.35. The molecule has 0 spiro atoms. The topological polar surface area (TPSA) is 35.5 Å². The second-order valence-electron chi connectivity index (χ2n) is 7.67. The molecule has 122 valence electrons. The number of hydrogen-bond acceptors (Lipinski definition) is 3. The van der Waals surface area contributed by atoms with Crippen molar-refractivity contribution in [3.63, 3.8) is 0 Å². The molecule has 0 aliphatic heterocycles. The van der Waals surface area contributed by atoms with Gasteiger partial charge in [-0.1, -0.05) is 12.1 Å². The lowest BCUT2D eigenvalue weighted by atomic mass is 9.48. The molecule has 1 aromatic carbocycles. The van der Waals surface area contributed by atoms with Crippen molar-refractivity contribution in [3.8, 4) is 5.75 Å². The van der Waals surface area contributed by atoms with Crippen LogP contribution in [0.4, 0.5) is 0 Å². The van der Waals surface area contributed by atoms with Crippen molar-refractivity contribution in [2.24, 2.45) is 17.8 Å². The largest absolute Gasteiger partial charge is 0.466 e. The molecule has 1 aromatic rings. The molecule has 4 bridgehead atoms. The van der Waals surface area contributed by atoms with Crippen molar-refractivity contribution in [1.82, 2.24) is 0 Å². The summed E-state index contributed by atoms with van der Waals surface area (Å²) in [6.07, 6.45) is 11.2. The Balaban J connectivity index is 1.48. The van der Waals surface area contributed by atoms with Gasteiger partial charge < -0.3 is 9.47 Å². The Morgan fingerprint density at radius 3 is 2.13 bits per heavy atom. The third-order valence-corrected chi connectivity index (χ3v) is 6.11. The molecule has 0 radical (unpaired) electrons. The fraction of sp³-hybridized carbons (Fsp3) is 0.550. The van der Waals surface area contributed by atoms with Gasteiger partial charge in [-0.3, -0.25) is 0 Å². The fourth-order valence-corrected chi connectivity index (χ4v) is 5.59. The van der Waals surface area contributed by atoms with Crippen LogP contribution in [0.3, 0.4) is 0 Å². The van der Waals surface area contributed by atoms with Crippen LogP contribution in [0, 0.1) is 17.8 Å². The molecule has 0 amide bonds. The molecule has 0 heterocycles. The molecular formula is C20H24O3. The van der Waals surface area contributed by atoms with Crippen molar-refractivity contribution < 1.29 is 14.3 Å². The standard InChI is InChI=1S/C20H24O3/c1-22-19(21)6-7-23-18-4-2-17(3-5-18)20-11-14-8-15(12-20)10-16(9-14)13-20/h2-7,14-16H,8-13H2,1H3/b7-6+. The maximum Gasteiger partial charge on any atom is 0.333 e. The van der Waals surface area contributed by atoms with Gasteiger partial charge in [0.2, 0.25) is 0 Å². The lowest BCUT2D eigenvalue weighted by Crippen LogP contribution is -2.48. The molecular weight excluding hydrogens is 288 g/mol. The summed E-state index contributed by atoms with van der Waals surface area (Å²) in [6, 6.07) is 8.51. The second kappa shape index (κ2) is 5.70. The molecule has 0 saturated heterocycles. The quantitative estimate of drug-likeness (QED) is 0.474. The Hall–Kier alpha value is -1.77. The molecule has 5 rings (SSSR count). The first kappa shape index (κ1) is 14.8. The second-order valence-corrected chi connectivity index (χ2v) is 7.67. The Labute approximate surface area is 137 Å². The van der Waals surface area contributed by atoms with E-state index in [4.69, 9.17) is 4.74 Å². The summed E-state index contributed by atoms with van der Waals surface area (Å²) in [4.78, 5) is 11.0. The highest BCUT2D eigenvalue weighted by Gasteiger charge is 2.51. The van der Waals surface area contributed by atoms with Crippen LogP contribution in [0.5, 0.6) is 5.75 Å². The van der Waals surface area contributed by atoms with Crippen molar-refractivity contribution in [3.05, 3.63) is 42.2 Å². The minimum absolute atomic E-state index is 0.407. The molecule has 0 unspecified atom stereocenters. The van der Waals surface area contributed by atoms with Gasteiger partial charge >= 0.3 is 5.97 Å². The number of carbonyl (C=O) groups excluding carboxylic acids is 1. The SMILES string of the molecule is COC(=O)/C=C/Oc1ccc(C23CC4CC(CC(C4)C2)C3)cc1. The predicted molar refractivity (Wildman–Crippen MR) is 88.1 cm³/mol. The molecule has 4 fully saturated rings. The summed E-state index contributed by atoms with van der Waals surface area (Å²) in [6.45, 7) is 0. The maximum absolute atomic E-state index is 11.0. The highest BCUT2D eigenvalue weighted by Crippen LogP contribution is 2.60. The molecule has 0 atom stereocenters. The molecule has 3 nitrogen and oxygen atoms in total. The number of hydrogen-bond donors (Lipinski definition) is 0. The summed E-state index contributed by atoms with van der Waals surface area (Å²) in [5.41, 5.74) is 1.91. The Morgan fingerprint density at radius 2 is 1.61 bits per heavy atom. The highest BCUT2D eigenvalue weighted by atomic mass is 16.5. The number of esters is 1. The summed E-state index contributed by atoms with van der Waals surface area (Å²) >= 11 is 0. The average Bonchev–Trinajstić information content (AvgIpc) is 2.54. The number of ether oxygens (including phenoxy) is 2. The van der Waals surface area contributed by atoms with Crippen molar-refractivity contribution in [2.75, 3.05) is 7.11 Å². The van der Waals surface area contributed by atoms with Crippen LogP contribution in [0.2, 0.25) is 0 Å². The van der Waals surface area contributed by atoms with E-state index >= 15 is 0 Å². The van der Waals surface area contributed by atoms with E-state index in [2.05, 4.69) is 16.9 Å². The van der Waals surface area contributed by atoms with Crippen LogP contribution in [-0.4, -0.2) is 13.1 Å². The normalized spacial score (nSPS) is 34.7. The predicted octanol–water partition coefficient (Wildman–Crippen LogP) is 4.22. The number of methoxy groups -OCH3 is 1. The minimum Gasteiger partial charge on any atom is -0.466 e. The molecule has 4 aliphatic rings. The monoisotopic (exact) mass is 312 g/mol. The summed E-state index contributed by atoms with van der Waals surface area (Å²) in [5, 5.41) is 0. The molecule has 3 heteroatoms. The van der Waals surface area contributed by atoms with Gasteiger partial charge in [0, 0.05) is 0 Å². The number of carbonyl (C=O) groups is 1. The van der Waals surface area contributed by atoms with E-state index in [1.807, 2.05) is 12.1 Å². The Bertz CT molecular complexity index is 579. The van der Waals surface area contributed by atoms with Gasteiger partial charge in [0.05, 0.1) is 19.4 Å². The number of rotatable bonds is 4. The zero-order valence-electron chi connectivity index (χ0n) is 13.7. The molecule has 0 aromatic heterocycles.